The van der Waals surface area contributed by atoms with Crippen LogP contribution in [-0.4, -0.2) is 18.2 Å². The molecule has 0 fully saturated rings. The average Bonchev–Trinajstić information content (AvgIpc) is 2.69. The molecular weight excluding hydrogens is 376 g/mol. The summed E-state index contributed by atoms with van der Waals surface area (Å²) in [6, 6.07) is 9.33. The number of aromatic hydroxyl groups is 1. The number of carbonyl (C=O) groups is 1. The van der Waals surface area contributed by atoms with Crippen LogP contribution in [0.3, 0.4) is 0 Å². The van der Waals surface area contributed by atoms with Gasteiger partial charge in [0.15, 0.2) is 0 Å². The van der Waals surface area contributed by atoms with Crippen LogP contribution in [0.4, 0.5) is 0 Å². The lowest BCUT2D eigenvalue weighted by atomic mass is 9.77. The van der Waals surface area contributed by atoms with Gasteiger partial charge in [-0.2, -0.15) is 0 Å². The van der Waals surface area contributed by atoms with Gasteiger partial charge in [-0.15, -0.1) is 0 Å². The molecule has 0 saturated carbocycles. The summed E-state index contributed by atoms with van der Waals surface area (Å²) in [5, 5.41) is 11.0. The number of unbranched alkanes of at least 4 members (excludes halogenated alkanes) is 3. The predicted octanol–water partition coefficient (Wildman–Crippen LogP) is 6.72. The lowest BCUT2D eigenvalue weighted by molar-refractivity contribution is 0.0600. The molecule has 1 aliphatic rings. The second kappa shape index (κ2) is 8.33. The zero-order valence-corrected chi connectivity index (χ0v) is 19.1. The first-order valence-corrected chi connectivity index (χ1v) is 10.9. The Morgan fingerprint density at radius 2 is 1.87 bits per heavy atom. The van der Waals surface area contributed by atoms with Crippen LogP contribution >= 0.6 is 0 Å². The summed E-state index contributed by atoms with van der Waals surface area (Å²) in [5.74, 6) is 0.446. The van der Waals surface area contributed by atoms with E-state index < -0.39 is 11.6 Å². The molecule has 30 heavy (non-hydrogen) atoms. The number of hydrogen-bond donors (Lipinski definition) is 1. The van der Waals surface area contributed by atoms with Gasteiger partial charge in [-0.05, 0) is 61.1 Å². The van der Waals surface area contributed by atoms with Gasteiger partial charge in [-0.3, -0.25) is 0 Å². The van der Waals surface area contributed by atoms with Crippen molar-refractivity contribution in [3.05, 3.63) is 47.0 Å². The fraction of sp³-hybridized carbons (Fsp3) is 0.500. The summed E-state index contributed by atoms with van der Waals surface area (Å²) in [7, 11) is 1.37. The molecule has 3 rings (SSSR count). The van der Waals surface area contributed by atoms with E-state index in [9.17, 15) is 9.90 Å². The highest BCUT2D eigenvalue weighted by Gasteiger charge is 2.36. The number of carbonyl (C=O) groups excluding carboxylic acids is 1. The monoisotopic (exact) mass is 410 g/mol. The van der Waals surface area contributed by atoms with Crippen LogP contribution in [0.15, 0.2) is 30.3 Å². The number of ether oxygens (including phenoxy) is 2. The number of hydrogen-bond acceptors (Lipinski definition) is 4. The van der Waals surface area contributed by atoms with Crippen LogP contribution in [0.2, 0.25) is 0 Å². The molecule has 1 N–H and O–H groups in total. The van der Waals surface area contributed by atoms with E-state index in [0.29, 0.717) is 16.9 Å². The molecule has 0 spiro atoms. The number of methoxy groups -OCH3 is 1. The molecule has 0 amide bonds. The van der Waals surface area contributed by atoms with Crippen molar-refractivity contribution in [1.82, 2.24) is 0 Å². The van der Waals surface area contributed by atoms with Gasteiger partial charge in [0.2, 0.25) is 0 Å². The number of phenols is 1. The molecule has 1 aliphatic heterocycles. The number of rotatable bonds is 7. The minimum Gasteiger partial charge on any atom is -0.507 e. The largest absolute Gasteiger partial charge is 0.507 e. The Balaban J connectivity index is 2.06. The fourth-order valence-corrected chi connectivity index (χ4v) is 4.33. The summed E-state index contributed by atoms with van der Waals surface area (Å²) < 4.78 is 11.2. The van der Waals surface area contributed by atoms with E-state index in [-0.39, 0.29) is 11.2 Å². The van der Waals surface area contributed by atoms with Crippen molar-refractivity contribution in [2.45, 2.75) is 77.7 Å². The maximum Gasteiger partial charge on any atom is 0.337 e. The van der Waals surface area contributed by atoms with E-state index in [1.165, 1.54) is 26.4 Å². The van der Waals surface area contributed by atoms with E-state index in [1.807, 2.05) is 26.0 Å². The third-order valence-corrected chi connectivity index (χ3v) is 6.24. The SMILES string of the molecule is CCCCCCC(C)(C)c1cc(O)c2c(c1)OC(C)(C)c1ccc(C(=O)OC)cc1-2. The van der Waals surface area contributed by atoms with E-state index >= 15 is 0 Å². The maximum absolute atomic E-state index is 12.1. The van der Waals surface area contributed by atoms with Gasteiger partial charge in [-0.1, -0.05) is 52.5 Å². The van der Waals surface area contributed by atoms with E-state index in [0.717, 1.165) is 29.5 Å². The van der Waals surface area contributed by atoms with E-state index in [1.54, 1.807) is 12.1 Å². The minimum absolute atomic E-state index is 0.0676. The zero-order chi connectivity index (χ0) is 22.1. The minimum atomic E-state index is -0.576. The molecule has 0 radical (unpaired) electrons. The quantitative estimate of drug-likeness (QED) is 0.406. The number of esters is 1. The second-order valence-corrected chi connectivity index (χ2v) is 9.43. The van der Waals surface area contributed by atoms with Crippen molar-refractivity contribution in [3.63, 3.8) is 0 Å². The van der Waals surface area contributed by atoms with Crippen LogP contribution in [0.1, 0.15) is 88.2 Å². The summed E-state index contributed by atoms with van der Waals surface area (Å²) >= 11 is 0. The van der Waals surface area contributed by atoms with Crippen LogP contribution in [0.25, 0.3) is 11.1 Å². The van der Waals surface area contributed by atoms with Crippen LogP contribution < -0.4 is 4.74 Å². The zero-order valence-electron chi connectivity index (χ0n) is 19.1. The molecule has 4 heteroatoms. The van der Waals surface area contributed by atoms with Gasteiger partial charge in [0.1, 0.15) is 17.1 Å². The fourth-order valence-electron chi connectivity index (χ4n) is 4.33. The van der Waals surface area contributed by atoms with Crippen molar-refractivity contribution < 1.29 is 19.4 Å². The van der Waals surface area contributed by atoms with Gasteiger partial charge in [0.05, 0.1) is 18.2 Å². The summed E-state index contributed by atoms with van der Waals surface area (Å²) in [6.07, 6.45) is 5.91. The van der Waals surface area contributed by atoms with Gasteiger partial charge >= 0.3 is 5.97 Å². The molecule has 0 aromatic heterocycles. The summed E-state index contributed by atoms with van der Waals surface area (Å²) in [4.78, 5) is 12.1. The Morgan fingerprint density at radius 3 is 2.53 bits per heavy atom. The lowest BCUT2D eigenvalue weighted by Crippen LogP contribution is -2.30. The van der Waals surface area contributed by atoms with Crippen molar-refractivity contribution in [2.75, 3.05) is 7.11 Å². The molecule has 0 saturated heterocycles. The Bertz CT molecular complexity index is 940. The molecule has 2 aromatic rings. The first kappa shape index (κ1) is 22.2. The van der Waals surface area contributed by atoms with Gasteiger partial charge in [0, 0.05) is 5.56 Å². The third kappa shape index (κ3) is 4.19. The highest BCUT2D eigenvalue weighted by molar-refractivity contribution is 5.93. The van der Waals surface area contributed by atoms with Gasteiger partial charge in [0.25, 0.3) is 0 Å². The average molecular weight is 411 g/mol. The normalized spacial score (nSPS) is 14.5. The topological polar surface area (TPSA) is 55.8 Å². The van der Waals surface area contributed by atoms with Crippen LogP contribution in [-0.2, 0) is 15.8 Å². The highest BCUT2D eigenvalue weighted by Crippen LogP contribution is 2.51. The molecule has 0 unspecified atom stereocenters. The molecule has 2 aromatic carbocycles. The molecular formula is C26H34O4. The Hall–Kier alpha value is -2.49. The van der Waals surface area contributed by atoms with Crippen molar-refractivity contribution in [1.29, 1.82) is 0 Å². The van der Waals surface area contributed by atoms with Crippen LogP contribution in [0.5, 0.6) is 11.5 Å². The molecule has 0 aliphatic carbocycles. The Kier molecular flexibility index (Phi) is 6.16. The van der Waals surface area contributed by atoms with Crippen LogP contribution in [0, 0.1) is 0 Å². The van der Waals surface area contributed by atoms with Crippen molar-refractivity contribution in [3.8, 4) is 22.6 Å². The second-order valence-electron chi connectivity index (χ2n) is 9.43. The summed E-state index contributed by atoms with van der Waals surface area (Å²) in [6.45, 7) is 10.7. The third-order valence-electron chi connectivity index (χ3n) is 6.24. The maximum atomic E-state index is 12.1. The molecule has 4 nitrogen and oxygen atoms in total. The molecule has 0 atom stereocenters. The number of fused-ring (bicyclic) bond motifs is 3. The Morgan fingerprint density at radius 1 is 1.13 bits per heavy atom. The first-order chi connectivity index (χ1) is 14.1. The van der Waals surface area contributed by atoms with Gasteiger partial charge in [-0.25, -0.2) is 4.79 Å². The smallest absolute Gasteiger partial charge is 0.337 e. The first-order valence-electron chi connectivity index (χ1n) is 10.9. The number of benzene rings is 2. The predicted molar refractivity (Wildman–Crippen MR) is 120 cm³/mol. The number of phenolic OH excluding ortho intramolecular Hbond substituents is 1. The van der Waals surface area contributed by atoms with Gasteiger partial charge < -0.3 is 14.6 Å². The Labute approximate surface area is 180 Å². The highest BCUT2D eigenvalue weighted by atomic mass is 16.5. The summed E-state index contributed by atoms with van der Waals surface area (Å²) in [5.41, 5.74) is 3.27. The standard InChI is InChI=1S/C26H34O4/c1-7-8-9-10-13-25(2,3)18-15-21(27)23-19-14-17(24(28)29-6)11-12-20(19)26(4,5)30-22(23)16-18/h11-12,14-16,27H,7-10,13H2,1-6H3. The van der Waals surface area contributed by atoms with E-state index in [4.69, 9.17) is 9.47 Å². The van der Waals surface area contributed by atoms with Crippen molar-refractivity contribution in [2.24, 2.45) is 0 Å². The molecule has 0 bridgehead atoms. The van der Waals surface area contributed by atoms with E-state index in [2.05, 4.69) is 26.8 Å². The van der Waals surface area contributed by atoms with Crippen molar-refractivity contribution >= 4 is 5.97 Å². The molecule has 1 heterocycles. The molecule has 162 valence electrons. The lowest BCUT2D eigenvalue weighted by Gasteiger charge is -2.36.